The van der Waals surface area contributed by atoms with E-state index in [-0.39, 0.29) is 0 Å². The summed E-state index contributed by atoms with van der Waals surface area (Å²) in [6.45, 7) is 17.7. The van der Waals surface area contributed by atoms with Gasteiger partial charge in [-0.3, -0.25) is 0 Å². The van der Waals surface area contributed by atoms with Crippen molar-refractivity contribution in [3.05, 3.63) is 0 Å². The van der Waals surface area contributed by atoms with Crippen molar-refractivity contribution >= 4 is 0 Å². The summed E-state index contributed by atoms with van der Waals surface area (Å²) in [4.78, 5) is 0. The van der Waals surface area contributed by atoms with Crippen LogP contribution in [0.5, 0.6) is 0 Å². The number of hydrogen-bond acceptors (Lipinski definition) is 4. The molecule has 4 aliphatic rings. The van der Waals surface area contributed by atoms with Crippen LogP contribution in [0.4, 0.5) is 0 Å². The van der Waals surface area contributed by atoms with E-state index in [0.29, 0.717) is 23.0 Å². The average molecular weight is 715 g/mol. The summed E-state index contributed by atoms with van der Waals surface area (Å²) in [6, 6.07) is 0. The van der Waals surface area contributed by atoms with Gasteiger partial charge in [-0.2, -0.15) is 0 Å². The first-order valence-corrected chi connectivity index (χ1v) is 23.5. The molecule has 4 saturated carbocycles. The minimum atomic E-state index is 0.432. The SMILES string of the molecule is CCCCCCCCCCCCCCCCNCCC[C@@H](C)[C@H]1CC[C@H]2[C@@H]3[C@H](OCCCC)C[C@@H]4C[C@H](OCCCN)CC[C@]4(C)[C@H]3CC[C@]12C. The standard InChI is InChI=1S/C47H90N2O2/c1-6-8-10-11-12-13-14-15-16-17-18-19-20-21-32-49-33-22-24-38(3)41-25-26-42-45-43(28-30-47(41,42)5)46(4)29-27-40(50-35-23-31-48)36-39(46)37-44(45)51-34-9-7-2/h38-45,49H,6-37,48H2,1-5H3/t38-,39+,40-,41-,42+,43+,44-,45+,46+,47-/m1/s1. The molecule has 3 N–H and O–H groups in total. The fourth-order valence-corrected chi connectivity index (χ4v) is 12.5. The number of nitrogens with two attached hydrogens (primary N) is 1. The number of ether oxygens (including phenoxy) is 2. The van der Waals surface area contributed by atoms with Crippen LogP contribution in [0.3, 0.4) is 0 Å². The van der Waals surface area contributed by atoms with Gasteiger partial charge in [-0.1, -0.05) is 125 Å². The highest BCUT2D eigenvalue weighted by molar-refractivity contribution is 5.12. The summed E-state index contributed by atoms with van der Waals surface area (Å²) >= 11 is 0. The van der Waals surface area contributed by atoms with E-state index in [9.17, 15) is 0 Å². The first-order chi connectivity index (χ1) is 24.9. The van der Waals surface area contributed by atoms with Crippen molar-refractivity contribution in [2.24, 2.45) is 52.1 Å². The van der Waals surface area contributed by atoms with E-state index in [1.165, 1.54) is 180 Å². The Kier molecular flexibility index (Phi) is 20.2. The van der Waals surface area contributed by atoms with Crippen LogP contribution < -0.4 is 11.1 Å². The number of unbranched alkanes of at least 4 members (excludes halogenated alkanes) is 14. The summed E-state index contributed by atoms with van der Waals surface area (Å²) in [7, 11) is 0. The molecule has 300 valence electrons. The lowest BCUT2D eigenvalue weighted by Gasteiger charge is -2.63. The van der Waals surface area contributed by atoms with Crippen LogP contribution >= 0.6 is 0 Å². The Labute approximate surface area is 319 Å². The van der Waals surface area contributed by atoms with Gasteiger partial charge < -0.3 is 20.5 Å². The van der Waals surface area contributed by atoms with Gasteiger partial charge in [0, 0.05) is 13.2 Å². The second kappa shape index (κ2) is 23.7. The molecule has 51 heavy (non-hydrogen) atoms. The molecule has 0 radical (unpaired) electrons. The van der Waals surface area contributed by atoms with Crippen LogP contribution in [0, 0.1) is 46.3 Å². The lowest BCUT2D eigenvalue weighted by molar-refractivity contribution is -0.191. The van der Waals surface area contributed by atoms with Crippen LogP contribution in [-0.4, -0.2) is 45.1 Å². The van der Waals surface area contributed by atoms with Gasteiger partial charge in [0.1, 0.15) is 0 Å². The van der Waals surface area contributed by atoms with Crippen LogP contribution in [0.15, 0.2) is 0 Å². The monoisotopic (exact) mass is 715 g/mol. The van der Waals surface area contributed by atoms with Crippen molar-refractivity contribution in [1.29, 1.82) is 0 Å². The highest BCUT2D eigenvalue weighted by Gasteiger charge is 2.63. The largest absolute Gasteiger partial charge is 0.378 e. The third kappa shape index (κ3) is 12.7. The van der Waals surface area contributed by atoms with E-state index in [4.69, 9.17) is 15.2 Å². The summed E-state index contributed by atoms with van der Waals surface area (Å²) in [5.41, 5.74) is 6.75. The van der Waals surface area contributed by atoms with Crippen LogP contribution in [0.25, 0.3) is 0 Å². The van der Waals surface area contributed by atoms with Crippen molar-refractivity contribution in [2.75, 3.05) is 32.8 Å². The van der Waals surface area contributed by atoms with Gasteiger partial charge >= 0.3 is 0 Å². The topological polar surface area (TPSA) is 56.5 Å². The number of rotatable bonds is 28. The third-order valence-corrected chi connectivity index (χ3v) is 15.6. The van der Waals surface area contributed by atoms with Gasteiger partial charge in [-0.25, -0.2) is 0 Å². The molecule has 0 bridgehead atoms. The van der Waals surface area contributed by atoms with Gasteiger partial charge in [0.15, 0.2) is 0 Å². The minimum Gasteiger partial charge on any atom is -0.378 e. The molecule has 0 aromatic rings. The molecule has 0 unspecified atom stereocenters. The predicted molar refractivity (Wildman–Crippen MR) is 220 cm³/mol. The van der Waals surface area contributed by atoms with E-state index in [1.54, 1.807) is 0 Å². The molecule has 0 saturated heterocycles. The van der Waals surface area contributed by atoms with E-state index in [0.717, 1.165) is 61.7 Å². The zero-order chi connectivity index (χ0) is 36.4. The molecule has 0 spiro atoms. The van der Waals surface area contributed by atoms with E-state index in [2.05, 4.69) is 39.9 Å². The quantitative estimate of drug-likeness (QED) is 0.0792. The summed E-state index contributed by atoms with van der Waals surface area (Å²) in [5, 5.41) is 3.82. The Morgan fingerprint density at radius 2 is 1.22 bits per heavy atom. The Hall–Kier alpha value is -0.160. The van der Waals surface area contributed by atoms with Crippen molar-refractivity contribution < 1.29 is 9.47 Å². The molecule has 0 aromatic heterocycles. The lowest BCUT2D eigenvalue weighted by Crippen LogP contribution is -2.59. The minimum absolute atomic E-state index is 0.432. The van der Waals surface area contributed by atoms with Gasteiger partial charge in [0.25, 0.3) is 0 Å². The fraction of sp³-hybridized carbons (Fsp3) is 1.00. The molecule has 0 aromatic carbocycles. The molecule has 4 aliphatic carbocycles. The number of fused-ring (bicyclic) bond motifs is 5. The zero-order valence-corrected chi connectivity index (χ0v) is 35.1. The summed E-state index contributed by atoms with van der Waals surface area (Å²) < 4.78 is 13.4. The molecule has 4 nitrogen and oxygen atoms in total. The summed E-state index contributed by atoms with van der Waals surface area (Å²) in [6.07, 6.45) is 38.1. The summed E-state index contributed by atoms with van der Waals surface area (Å²) in [5.74, 6) is 4.93. The predicted octanol–water partition coefficient (Wildman–Crippen LogP) is 12.7. The van der Waals surface area contributed by atoms with E-state index >= 15 is 0 Å². The van der Waals surface area contributed by atoms with Gasteiger partial charge in [-0.15, -0.1) is 0 Å². The Morgan fingerprint density at radius 1 is 0.627 bits per heavy atom. The maximum absolute atomic E-state index is 6.97. The maximum Gasteiger partial charge on any atom is 0.0611 e. The first-order valence-electron chi connectivity index (χ1n) is 23.5. The maximum atomic E-state index is 6.97. The zero-order valence-electron chi connectivity index (χ0n) is 35.1. The van der Waals surface area contributed by atoms with Crippen molar-refractivity contribution in [2.45, 2.75) is 220 Å². The van der Waals surface area contributed by atoms with Gasteiger partial charge in [0.05, 0.1) is 12.2 Å². The smallest absolute Gasteiger partial charge is 0.0611 e. The third-order valence-electron chi connectivity index (χ3n) is 15.6. The van der Waals surface area contributed by atoms with Gasteiger partial charge in [-0.05, 0) is 149 Å². The Bertz CT molecular complexity index is 897. The molecule has 4 heteroatoms. The average Bonchev–Trinajstić information content (AvgIpc) is 3.48. The number of nitrogens with one attached hydrogen (secondary N) is 1. The molecule has 10 atom stereocenters. The highest BCUT2D eigenvalue weighted by atomic mass is 16.5. The molecule has 0 aliphatic heterocycles. The van der Waals surface area contributed by atoms with Crippen molar-refractivity contribution in [1.82, 2.24) is 5.32 Å². The van der Waals surface area contributed by atoms with Crippen LogP contribution in [0.1, 0.15) is 208 Å². The van der Waals surface area contributed by atoms with E-state index < -0.39 is 0 Å². The molecule has 4 fully saturated rings. The van der Waals surface area contributed by atoms with Gasteiger partial charge in [0.2, 0.25) is 0 Å². The first kappa shape index (κ1) is 43.6. The molecule has 4 rings (SSSR count). The fourth-order valence-electron chi connectivity index (χ4n) is 12.5. The molecular weight excluding hydrogens is 625 g/mol. The second-order valence-corrected chi connectivity index (χ2v) is 19.1. The Morgan fingerprint density at radius 3 is 1.88 bits per heavy atom. The molecule has 0 amide bonds. The van der Waals surface area contributed by atoms with Crippen molar-refractivity contribution in [3.63, 3.8) is 0 Å². The molecular formula is C47H90N2O2. The molecule has 0 heterocycles. The number of hydrogen-bond donors (Lipinski definition) is 2. The Balaban J connectivity index is 1.14. The lowest BCUT2D eigenvalue weighted by atomic mass is 9.43. The highest BCUT2D eigenvalue weighted by Crippen LogP contribution is 2.69. The van der Waals surface area contributed by atoms with Crippen molar-refractivity contribution in [3.8, 4) is 0 Å². The normalized spacial score (nSPS) is 33.9. The van der Waals surface area contributed by atoms with E-state index in [1.807, 2.05) is 0 Å². The second-order valence-electron chi connectivity index (χ2n) is 19.1. The van der Waals surface area contributed by atoms with Crippen LogP contribution in [-0.2, 0) is 9.47 Å². The van der Waals surface area contributed by atoms with Crippen LogP contribution in [0.2, 0.25) is 0 Å².